The summed E-state index contributed by atoms with van der Waals surface area (Å²) in [6.07, 6.45) is 2.52. The van der Waals surface area contributed by atoms with Gasteiger partial charge in [-0.2, -0.15) is 0 Å². The summed E-state index contributed by atoms with van der Waals surface area (Å²) in [6, 6.07) is 0.174. The second-order valence-electron chi connectivity index (χ2n) is 4.04. The summed E-state index contributed by atoms with van der Waals surface area (Å²) in [5.74, 6) is 0.785. The third-order valence-electron chi connectivity index (χ3n) is 2.58. The van der Waals surface area contributed by atoms with Gasteiger partial charge >= 0.3 is 0 Å². The minimum atomic E-state index is 0.174. The maximum atomic E-state index is 11.3. The highest BCUT2D eigenvalue weighted by Gasteiger charge is 2.27. The first-order chi connectivity index (χ1) is 5.63. The maximum absolute atomic E-state index is 11.3. The highest BCUT2D eigenvalue weighted by Crippen LogP contribution is 2.18. The molecule has 1 heterocycles. The SMILES string of the molecule is CC(=O)C(C(C)C)N1CCCC1. The molecule has 0 spiro atoms. The molecule has 1 aliphatic heterocycles. The average molecular weight is 169 g/mol. The van der Waals surface area contributed by atoms with Gasteiger partial charge in [0, 0.05) is 0 Å². The van der Waals surface area contributed by atoms with Crippen LogP contribution in [-0.4, -0.2) is 29.8 Å². The van der Waals surface area contributed by atoms with E-state index in [4.69, 9.17) is 0 Å². The Morgan fingerprint density at radius 2 is 1.75 bits per heavy atom. The second-order valence-corrected chi connectivity index (χ2v) is 4.04. The summed E-state index contributed by atoms with van der Waals surface area (Å²) in [4.78, 5) is 13.7. The largest absolute Gasteiger partial charge is 0.298 e. The molecular formula is C10H19NO. The fourth-order valence-corrected chi connectivity index (χ4v) is 2.17. The third kappa shape index (κ3) is 2.07. The van der Waals surface area contributed by atoms with Crippen molar-refractivity contribution >= 4 is 5.78 Å². The van der Waals surface area contributed by atoms with E-state index in [2.05, 4.69) is 18.7 Å². The van der Waals surface area contributed by atoms with Crippen molar-refractivity contribution in [2.45, 2.75) is 39.7 Å². The van der Waals surface area contributed by atoms with E-state index in [1.54, 1.807) is 6.92 Å². The van der Waals surface area contributed by atoms with E-state index in [0.717, 1.165) is 13.1 Å². The molecule has 0 radical (unpaired) electrons. The first kappa shape index (κ1) is 9.72. The summed E-state index contributed by atoms with van der Waals surface area (Å²) in [5, 5.41) is 0. The van der Waals surface area contributed by atoms with E-state index in [9.17, 15) is 4.79 Å². The number of hydrogen-bond donors (Lipinski definition) is 0. The molecule has 0 aliphatic carbocycles. The van der Waals surface area contributed by atoms with Crippen LogP contribution in [0.4, 0.5) is 0 Å². The lowest BCUT2D eigenvalue weighted by Gasteiger charge is -2.28. The molecule has 1 aliphatic rings. The van der Waals surface area contributed by atoms with Gasteiger partial charge in [-0.05, 0) is 38.8 Å². The van der Waals surface area contributed by atoms with Gasteiger partial charge in [-0.1, -0.05) is 13.8 Å². The van der Waals surface area contributed by atoms with Gasteiger partial charge in [0.05, 0.1) is 6.04 Å². The fourth-order valence-electron chi connectivity index (χ4n) is 2.17. The molecule has 1 atom stereocenters. The molecule has 2 nitrogen and oxygen atoms in total. The van der Waals surface area contributed by atoms with E-state index in [-0.39, 0.29) is 6.04 Å². The molecule has 1 saturated heterocycles. The molecule has 1 unspecified atom stereocenters. The van der Waals surface area contributed by atoms with Gasteiger partial charge in [0.15, 0.2) is 0 Å². The van der Waals surface area contributed by atoms with Crippen LogP contribution in [0.2, 0.25) is 0 Å². The zero-order valence-corrected chi connectivity index (χ0v) is 8.34. The fraction of sp³-hybridized carbons (Fsp3) is 0.900. The van der Waals surface area contributed by atoms with Gasteiger partial charge in [0.2, 0.25) is 0 Å². The summed E-state index contributed by atoms with van der Waals surface area (Å²) >= 11 is 0. The van der Waals surface area contributed by atoms with Crippen molar-refractivity contribution in [3.8, 4) is 0 Å². The quantitative estimate of drug-likeness (QED) is 0.641. The smallest absolute Gasteiger partial charge is 0.147 e. The van der Waals surface area contributed by atoms with Crippen LogP contribution in [0.5, 0.6) is 0 Å². The average Bonchev–Trinajstić information content (AvgIpc) is 2.37. The summed E-state index contributed by atoms with van der Waals surface area (Å²) in [5.41, 5.74) is 0. The van der Waals surface area contributed by atoms with Gasteiger partial charge in [0.1, 0.15) is 5.78 Å². The lowest BCUT2D eigenvalue weighted by Crippen LogP contribution is -2.41. The number of Topliss-reactive ketones (excluding diaryl/α,β-unsaturated/α-hetero) is 1. The third-order valence-corrected chi connectivity index (χ3v) is 2.58. The van der Waals surface area contributed by atoms with Crippen LogP contribution in [-0.2, 0) is 4.79 Å². The van der Waals surface area contributed by atoms with Crippen molar-refractivity contribution in [1.82, 2.24) is 4.90 Å². The molecule has 0 amide bonds. The lowest BCUT2D eigenvalue weighted by molar-refractivity contribution is -0.123. The van der Waals surface area contributed by atoms with Crippen LogP contribution in [0.25, 0.3) is 0 Å². The normalized spacial score (nSPS) is 21.7. The maximum Gasteiger partial charge on any atom is 0.147 e. The highest BCUT2D eigenvalue weighted by atomic mass is 16.1. The number of hydrogen-bond acceptors (Lipinski definition) is 2. The Kier molecular flexibility index (Phi) is 3.27. The molecule has 0 aromatic rings. The Morgan fingerprint density at radius 1 is 1.25 bits per heavy atom. The Bertz CT molecular complexity index is 159. The van der Waals surface area contributed by atoms with Crippen molar-refractivity contribution in [2.75, 3.05) is 13.1 Å². The van der Waals surface area contributed by atoms with Crippen LogP contribution in [0.1, 0.15) is 33.6 Å². The predicted octanol–water partition coefficient (Wildman–Crippen LogP) is 1.70. The molecule has 2 heteroatoms. The van der Waals surface area contributed by atoms with Gasteiger partial charge in [-0.25, -0.2) is 0 Å². The number of rotatable bonds is 3. The molecule has 0 bridgehead atoms. The number of ketones is 1. The molecule has 70 valence electrons. The Hall–Kier alpha value is -0.370. The van der Waals surface area contributed by atoms with Crippen molar-refractivity contribution in [2.24, 2.45) is 5.92 Å². The first-order valence-corrected chi connectivity index (χ1v) is 4.87. The van der Waals surface area contributed by atoms with Crippen molar-refractivity contribution in [3.63, 3.8) is 0 Å². The van der Waals surface area contributed by atoms with Crippen molar-refractivity contribution in [3.05, 3.63) is 0 Å². The van der Waals surface area contributed by atoms with Crippen molar-refractivity contribution < 1.29 is 4.79 Å². The molecule has 0 saturated carbocycles. The van der Waals surface area contributed by atoms with Gasteiger partial charge in [-0.15, -0.1) is 0 Å². The molecule has 0 N–H and O–H groups in total. The van der Waals surface area contributed by atoms with Crippen LogP contribution in [0.3, 0.4) is 0 Å². The number of nitrogens with zero attached hydrogens (tertiary/aromatic N) is 1. The van der Waals surface area contributed by atoms with Crippen molar-refractivity contribution in [1.29, 1.82) is 0 Å². The zero-order valence-electron chi connectivity index (χ0n) is 8.34. The van der Waals surface area contributed by atoms with Gasteiger partial charge in [-0.3, -0.25) is 9.69 Å². The van der Waals surface area contributed by atoms with Crippen LogP contribution < -0.4 is 0 Å². The topological polar surface area (TPSA) is 20.3 Å². The van der Waals surface area contributed by atoms with Gasteiger partial charge in [0.25, 0.3) is 0 Å². The number of likely N-dealkylation sites (tertiary alicyclic amines) is 1. The zero-order chi connectivity index (χ0) is 9.14. The second kappa shape index (κ2) is 4.04. The van der Waals surface area contributed by atoms with E-state index >= 15 is 0 Å². The van der Waals surface area contributed by atoms with Crippen LogP contribution in [0.15, 0.2) is 0 Å². The van der Waals surface area contributed by atoms with E-state index < -0.39 is 0 Å². The first-order valence-electron chi connectivity index (χ1n) is 4.87. The number of carbonyl (C=O) groups excluding carboxylic acids is 1. The highest BCUT2D eigenvalue weighted by molar-refractivity contribution is 5.81. The molecule has 0 aromatic heterocycles. The van der Waals surface area contributed by atoms with Gasteiger partial charge < -0.3 is 0 Å². The molecular weight excluding hydrogens is 150 g/mol. The molecule has 12 heavy (non-hydrogen) atoms. The Labute approximate surface area is 74.9 Å². The summed E-state index contributed by atoms with van der Waals surface area (Å²) in [6.45, 7) is 8.20. The van der Waals surface area contributed by atoms with Crippen LogP contribution in [0, 0.1) is 5.92 Å². The number of carbonyl (C=O) groups is 1. The Balaban J connectivity index is 2.58. The minimum Gasteiger partial charge on any atom is -0.298 e. The molecule has 0 aromatic carbocycles. The van der Waals surface area contributed by atoms with E-state index in [1.807, 2.05) is 0 Å². The van der Waals surface area contributed by atoms with E-state index in [0.29, 0.717) is 11.7 Å². The Morgan fingerprint density at radius 3 is 2.08 bits per heavy atom. The van der Waals surface area contributed by atoms with E-state index in [1.165, 1.54) is 12.8 Å². The molecule has 1 rings (SSSR count). The summed E-state index contributed by atoms with van der Waals surface area (Å²) in [7, 11) is 0. The monoisotopic (exact) mass is 169 g/mol. The summed E-state index contributed by atoms with van der Waals surface area (Å²) < 4.78 is 0. The lowest BCUT2D eigenvalue weighted by atomic mass is 9.99. The van der Waals surface area contributed by atoms with Crippen LogP contribution >= 0.6 is 0 Å². The molecule has 1 fully saturated rings. The minimum absolute atomic E-state index is 0.174. The standard InChI is InChI=1S/C10H19NO/c1-8(2)10(9(3)12)11-6-4-5-7-11/h8,10H,4-7H2,1-3H3. The predicted molar refractivity (Wildman–Crippen MR) is 50.1 cm³/mol.